The zero-order chi connectivity index (χ0) is 19.2. The van der Waals surface area contributed by atoms with Gasteiger partial charge in [0.1, 0.15) is 0 Å². The van der Waals surface area contributed by atoms with Crippen molar-refractivity contribution >= 4 is 15.7 Å². The van der Waals surface area contributed by atoms with E-state index in [9.17, 15) is 13.2 Å². The van der Waals surface area contributed by atoms with Crippen molar-refractivity contribution < 1.29 is 13.2 Å². The van der Waals surface area contributed by atoms with Crippen molar-refractivity contribution in [2.75, 3.05) is 25.9 Å². The number of carbonyl (C=O) groups excluding carboxylic acids is 1. The average Bonchev–Trinajstić information content (AvgIpc) is 3.22. The highest BCUT2D eigenvalue weighted by atomic mass is 32.2. The molecule has 3 atom stereocenters. The summed E-state index contributed by atoms with van der Waals surface area (Å²) in [5.74, 6) is 0.830. The van der Waals surface area contributed by atoms with E-state index in [0.29, 0.717) is 17.4 Å². The summed E-state index contributed by atoms with van der Waals surface area (Å²) in [7, 11) is -3.27. The Morgan fingerprint density at radius 2 is 1.78 bits per heavy atom. The van der Waals surface area contributed by atoms with Crippen molar-refractivity contribution in [2.45, 2.75) is 17.9 Å². The second kappa shape index (κ2) is 6.77. The molecule has 2 saturated heterocycles. The van der Waals surface area contributed by atoms with Gasteiger partial charge in [-0.2, -0.15) is 0 Å². The van der Waals surface area contributed by atoms with Gasteiger partial charge in [0.2, 0.25) is 0 Å². The molecule has 4 rings (SSSR count). The highest BCUT2D eigenvalue weighted by molar-refractivity contribution is 7.90. The fraction of sp³-hybridized carbons (Fsp3) is 0.381. The topological polar surface area (TPSA) is 66.5 Å². The average molecular weight is 385 g/mol. The molecule has 2 aliphatic rings. The largest absolute Gasteiger partial charge is 0.331 e. The molecule has 0 spiro atoms. The van der Waals surface area contributed by atoms with Crippen LogP contribution in [0.15, 0.2) is 53.4 Å². The fourth-order valence-electron chi connectivity index (χ4n) is 4.46. The Morgan fingerprint density at radius 1 is 1.07 bits per heavy atom. The molecule has 5 nitrogen and oxygen atoms in total. The lowest BCUT2D eigenvalue weighted by Gasteiger charge is -2.29. The summed E-state index contributed by atoms with van der Waals surface area (Å²) in [6.07, 6.45) is 1.17. The Morgan fingerprint density at radius 3 is 2.44 bits per heavy atom. The first-order valence-electron chi connectivity index (χ1n) is 9.23. The van der Waals surface area contributed by atoms with E-state index in [1.165, 1.54) is 29.5 Å². The maximum Gasteiger partial charge on any atom is 0.254 e. The predicted octanol–water partition coefficient (Wildman–Crippen LogP) is 2.43. The molecule has 1 amide bonds. The van der Waals surface area contributed by atoms with Gasteiger partial charge in [-0.25, -0.2) is 8.42 Å². The number of carbonyl (C=O) groups is 1. The second-order valence-corrected chi connectivity index (χ2v) is 9.65. The number of hydrogen-bond donors (Lipinski definition) is 1. The van der Waals surface area contributed by atoms with Crippen molar-refractivity contribution in [2.24, 2.45) is 11.8 Å². The van der Waals surface area contributed by atoms with Crippen molar-refractivity contribution in [1.29, 1.82) is 0 Å². The minimum absolute atomic E-state index is 0.0299. The van der Waals surface area contributed by atoms with Gasteiger partial charge in [0, 0.05) is 37.4 Å². The fourth-order valence-corrected chi connectivity index (χ4v) is 5.09. The Bertz CT molecular complexity index is 969. The van der Waals surface area contributed by atoms with Gasteiger partial charge in [-0.1, -0.05) is 24.3 Å². The Labute approximate surface area is 160 Å². The Kier molecular flexibility index (Phi) is 4.56. The second-order valence-electron chi connectivity index (χ2n) is 7.64. The van der Waals surface area contributed by atoms with Crippen LogP contribution in [0.5, 0.6) is 0 Å². The molecule has 0 bridgehead atoms. The van der Waals surface area contributed by atoms with E-state index in [2.05, 4.69) is 24.4 Å². The van der Waals surface area contributed by atoms with Crippen LogP contribution in [-0.4, -0.2) is 45.1 Å². The lowest BCUT2D eigenvalue weighted by Crippen LogP contribution is -2.35. The molecule has 27 heavy (non-hydrogen) atoms. The normalized spacial score (nSPS) is 24.8. The van der Waals surface area contributed by atoms with Gasteiger partial charge < -0.3 is 10.2 Å². The van der Waals surface area contributed by atoms with Gasteiger partial charge in [0.05, 0.1) is 10.9 Å². The van der Waals surface area contributed by atoms with E-state index >= 15 is 0 Å². The molecule has 0 saturated carbocycles. The molecule has 1 N–H and O–H groups in total. The number of hydrogen-bond acceptors (Lipinski definition) is 4. The molecule has 0 unspecified atom stereocenters. The molecular weight excluding hydrogens is 360 g/mol. The summed E-state index contributed by atoms with van der Waals surface area (Å²) in [6.45, 7) is 4.67. The number of nitrogens with zero attached hydrogens (tertiary/aromatic N) is 1. The summed E-state index contributed by atoms with van der Waals surface area (Å²) in [4.78, 5) is 15.5. The molecule has 142 valence electrons. The quantitative estimate of drug-likeness (QED) is 0.883. The van der Waals surface area contributed by atoms with Crippen molar-refractivity contribution in [3.8, 4) is 0 Å². The third kappa shape index (κ3) is 3.28. The molecule has 6 heteroatoms. The molecule has 2 heterocycles. The zero-order valence-corrected chi connectivity index (χ0v) is 16.4. The van der Waals surface area contributed by atoms with E-state index in [4.69, 9.17) is 0 Å². The highest BCUT2D eigenvalue weighted by Gasteiger charge is 2.47. The standard InChI is InChI=1S/C21H24N2O3S/c1-14-5-3-4-6-18(14)20-19-12-22-11-16(19)13-23(20)21(24)15-7-9-17(10-8-15)27(2,25)26/h3-10,16,19-20,22H,11-13H2,1-2H3/t16-,19-,20+/m0/s1. The Balaban J connectivity index is 1.69. The maximum absolute atomic E-state index is 13.3. The van der Waals surface area contributed by atoms with Gasteiger partial charge in [0.15, 0.2) is 9.84 Å². The SMILES string of the molecule is Cc1ccccc1[C@@H]1[C@H]2CNC[C@H]2CN1C(=O)c1ccc(S(C)(=O)=O)cc1. The van der Waals surface area contributed by atoms with E-state index in [-0.39, 0.29) is 16.8 Å². The number of aryl methyl sites for hydroxylation is 1. The lowest BCUT2D eigenvalue weighted by atomic mass is 9.87. The third-order valence-corrected chi connectivity index (χ3v) is 6.99. The Hall–Kier alpha value is -2.18. The summed E-state index contributed by atoms with van der Waals surface area (Å²) < 4.78 is 23.3. The van der Waals surface area contributed by atoms with E-state index in [0.717, 1.165) is 19.6 Å². The lowest BCUT2D eigenvalue weighted by molar-refractivity contribution is 0.0713. The minimum atomic E-state index is -3.27. The van der Waals surface area contributed by atoms with E-state index in [1.807, 2.05) is 17.0 Å². The van der Waals surface area contributed by atoms with Crippen LogP contribution < -0.4 is 5.32 Å². The van der Waals surface area contributed by atoms with Crippen LogP contribution in [0.25, 0.3) is 0 Å². The smallest absolute Gasteiger partial charge is 0.254 e. The predicted molar refractivity (Wildman–Crippen MR) is 104 cm³/mol. The van der Waals surface area contributed by atoms with Gasteiger partial charge >= 0.3 is 0 Å². The van der Waals surface area contributed by atoms with Crippen LogP contribution in [0.4, 0.5) is 0 Å². The molecule has 0 aliphatic carbocycles. The summed E-state index contributed by atoms with van der Waals surface area (Å²) >= 11 is 0. The van der Waals surface area contributed by atoms with Gasteiger partial charge in [-0.05, 0) is 48.2 Å². The first-order chi connectivity index (χ1) is 12.9. The van der Waals surface area contributed by atoms with Crippen molar-refractivity contribution in [3.63, 3.8) is 0 Å². The third-order valence-electron chi connectivity index (χ3n) is 5.86. The molecule has 2 aliphatic heterocycles. The minimum Gasteiger partial charge on any atom is -0.331 e. The van der Waals surface area contributed by atoms with Crippen LogP contribution in [0.1, 0.15) is 27.5 Å². The monoisotopic (exact) mass is 384 g/mol. The summed E-state index contributed by atoms with van der Waals surface area (Å²) in [5, 5.41) is 3.46. The first-order valence-corrected chi connectivity index (χ1v) is 11.1. The molecule has 0 radical (unpaired) electrons. The number of nitrogens with one attached hydrogen (secondary N) is 1. The van der Waals surface area contributed by atoms with Gasteiger partial charge in [0.25, 0.3) is 5.91 Å². The van der Waals surface area contributed by atoms with E-state index < -0.39 is 9.84 Å². The van der Waals surface area contributed by atoms with E-state index in [1.54, 1.807) is 12.1 Å². The van der Waals surface area contributed by atoms with Crippen LogP contribution in [0.3, 0.4) is 0 Å². The van der Waals surface area contributed by atoms with Gasteiger partial charge in [-0.3, -0.25) is 4.79 Å². The number of rotatable bonds is 3. The molecule has 2 fully saturated rings. The number of likely N-dealkylation sites (tertiary alicyclic amines) is 1. The van der Waals surface area contributed by atoms with Crippen LogP contribution in [0.2, 0.25) is 0 Å². The number of sulfone groups is 1. The van der Waals surface area contributed by atoms with Crippen molar-refractivity contribution in [1.82, 2.24) is 10.2 Å². The number of amides is 1. The molecular formula is C21H24N2O3S. The molecule has 2 aromatic rings. The maximum atomic E-state index is 13.3. The first kappa shape index (κ1) is 18.2. The molecule has 2 aromatic carbocycles. The van der Waals surface area contributed by atoms with Crippen LogP contribution in [-0.2, 0) is 9.84 Å². The number of fused-ring (bicyclic) bond motifs is 1. The summed E-state index contributed by atoms with van der Waals surface area (Å²) in [5.41, 5.74) is 2.93. The van der Waals surface area contributed by atoms with Gasteiger partial charge in [-0.15, -0.1) is 0 Å². The zero-order valence-electron chi connectivity index (χ0n) is 15.6. The molecule has 0 aromatic heterocycles. The highest BCUT2D eigenvalue weighted by Crippen LogP contribution is 2.44. The summed E-state index contributed by atoms with van der Waals surface area (Å²) in [6, 6.07) is 14.6. The van der Waals surface area contributed by atoms with Crippen LogP contribution in [0, 0.1) is 18.8 Å². The number of benzene rings is 2. The van der Waals surface area contributed by atoms with Crippen molar-refractivity contribution in [3.05, 3.63) is 65.2 Å². The van der Waals surface area contributed by atoms with Crippen LogP contribution >= 0.6 is 0 Å².